The van der Waals surface area contributed by atoms with Crippen LogP contribution in [0.5, 0.6) is 0 Å². The van der Waals surface area contributed by atoms with E-state index in [-0.39, 0.29) is 0 Å². The lowest BCUT2D eigenvalue weighted by atomic mass is 10.5. The number of aromatic nitrogens is 6. The van der Waals surface area contributed by atoms with Crippen molar-refractivity contribution in [3.8, 4) is 0 Å². The van der Waals surface area contributed by atoms with Crippen molar-refractivity contribution in [2.45, 2.75) is 20.2 Å². The van der Waals surface area contributed by atoms with Gasteiger partial charge in [-0.3, -0.25) is 9.36 Å². The van der Waals surface area contributed by atoms with E-state index in [0.29, 0.717) is 0 Å². The predicted molar refractivity (Wildman–Crippen MR) is 85.4 cm³/mol. The van der Waals surface area contributed by atoms with Gasteiger partial charge >= 0.3 is 0 Å². The van der Waals surface area contributed by atoms with Gasteiger partial charge in [0.05, 0.1) is 0 Å². The standard InChI is InChI=1S/C12H14N6S3/c1-17-9(3-5-13-17)7-19-11-15-16-12(21-11)20-8-10-4-6-14-18(10)2/h3-6H,7-8H2,1-2H3. The Morgan fingerprint density at radius 1 is 0.905 bits per heavy atom. The van der Waals surface area contributed by atoms with Crippen LogP contribution in [0.25, 0.3) is 0 Å². The molecular weight excluding hydrogens is 324 g/mol. The third kappa shape index (κ3) is 3.66. The number of hydrogen-bond donors (Lipinski definition) is 0. The van der Waals surface area contributed by atoms with E-state index in [0.717, 1.165) is 20.2 Å². The van der Waals surface area contributed by atoms with Crippen molar-refractivity contribution in [3.63, 3.8) is 0 Å². The van der Waals surface area contributed by atoms with Crippen LogP contribution in [-0.4, -0.2) is 29.8 Å². The summed E-state index contributed by atoms with van der Waals surface area (Å²) < 4.78 is 5.74. The van der Waals surface area contributed by atoms with Crippen molar-refractivity contribution in [1.82, 2.24) is 29.8 Å². The highest BCUT2D eigenvalue weighted by Crippen LogP contribution is 2.31. The van der Waals surface area contributed by atoms with Gasteiger partial charge < -0.3 is 0 Å². The number of rotatable bonds is 6. The van der Waals surface area contributed by atoms with Crippen molar-refractivity contribution in [1.29, 1.82) is 0 Å². The molecule has 6 nitrogen and oxygen atoms in total. The lowest BCUT2D eigenvalue weighted by Crippen LogP contribution is -1.95. The summed E-state index contributed by atoms with van der Waals surface area (Å²) in [4.78, 5) is 0. The predicted octanol–water partition coefficient (Wildman–Crippen LogP) is 2.59. The number of nitrogens with zero attached hydrogens (tertiary/aromatic N) is 6. The molecule has 0 N–H and O–H groups in total. The molecule has 0 amide bonds. The summed E-state index contributed by atoms with van der Waals surface area (Å²) >= 11 is 5.02. The molecule has 0 fully saturated rings. The van der Waals surface area contributed by atoms with Crippen LogP contribution in [-0.2, 0) is 25.6 Å². The van der Waals surface area contributed by atoms with Gasteiger partial charge in [0.2, 0.25) is 0 Å². The highest BCUT2D eigenvalue weighted by atomic mass is 32.2. The lowest BCUT2D eigenvalue weighted by molar-refractivity contribution is 0.736. The summed E-state index contributed by atoms with van der Waals surface area (Å²) in [6.07, 6.45) is 3.62. The van der Waals surface area contributed by atoms with E-state index in [2.05, 4.69) is 20.4 Å². The minimum absolute atomic E-state index is 0.859. The third-order valence-corrected chi connectivity index (χ3v) is 6.18. The van der Waals surface area contributed by atoms with E-state index in [9.17, 15) is 0 Å². The monoisotopic (exact) mass is 338 g/mol. The van der Waals surface area contributed by atoms with Gasteiger partial charge in [0.25, 0.3) is 0 Å². The van der Waals surface area contributed by atoms with Gasteiger partial charge in [0.1, 0.15) is 0 Å². The second-order valence-electron chi connectivity index (χ2n) is 4.30. The van der Waals surface area contributed by atoms with E-state index in [1.807, 2.05) is 48.0 Å². The Morgan fingerprint density at radius 3 is 1.76 bits per heavy atom. The van der Waals surface area contributed by atoms with Crippen LogP contribution in [0.15, 0.2) is 33.2 Å². The molecular formula is C12H14N6S3. The normalized spacial score (nSPS) is 11.1. The highest BCUT2D eigenvalue weighted by Gasteiger charge is 2.08. The molecule has 0 atom stereocenters. The van der Waals surface area contributed by atoms with Crippen molar-refractivity contribution < 1.29 is 0 Å². The van der Waals surface area contributed by atoms with Crippen LogP contribution in [0.4, 0.5) is 0 Å². The summed E-state index contributed by atoms with van der Waals surface area (Å²) in [6, 6.07) is 4.04. The Kier molecular flexibility index (Phi) is 4.61. The zero-order chi connectivity index (χ0) is 14.7. The molecule has 3 rings (SSSR count). The van der Waals surface area contributed by atoms with Crippen LogP contribution in [0, 0.1) is 0 Å². The van der Waals surface area contributed by atoms with Gasteiger partial charge in [-0.15, -0.1) is 10.2 Å². The fourth-order valence-electron chi connectivity index (χ4n) is 1.67. The molecule has 0 aliphatic heterocycles. The fourth-order valence-corrected chi connectivity index (χ4v) is 4.75. The molecule has 0 radical (unpaired) electrons. The van der Waals surface area contributed by atoms with Crippen molar-refractivity contribution in [2.75, 3.05) is 0 Å². The molecule has 0 aliphatic rings. The summed E-state index contributed by atoms with van der Waals surface area (Å²) in [5.41, 5.74) is 2.36. The molecule has 0 aromatic carbocycles. The van der Waals surface area contributed by atoms with Crippen LogP contribution < -0.4 is 0 Å². The van der Waals surface area contributed by atoms with Gasteiger partial charge in [0, 0.05) is 49.4 Å². The molecule has 110 valence electrons. The van der Waals surface area contributed by atoms with Crippen LogP contribution in [0.3, 0.4) is 0 Å². The number of aryl methyl sites for hydroxylation is 2. The molecule has 3 aromatic heterocycles. The maximum Gasteiger partial charge on any atom is 0.175 e. The Morgan fingerprint density at radius 2 is 1.38 bits per heavy atom. The van der Waals surface area contributed by atoms with Gasteiger partial charge in [-0.25, -0.2) is 0 Å². The van der Waals surface area contributed by atoms with Crippen molar-refractivity contribution in [2.24, 2.45) is 14.1 Å². The van der Waals surface area contributed by atoms with E-state index in [1.54, 1.807) is 34.9 Å². The molecule has 0 unspecified atom stereocenters. The maximum atomic E-state index is 4.23. The Balaban J connectivity index is 1.54. The van der Waals surface area contributed by atoms with Crippen molar-refractivity contribution >= 4 is 34.9 Å². The summed E-state index contributed by atoms with van der Waals surface area (Å²) in [5, 5.41) is 16.8. The molecule has 21 heavy (non-hydrogen) atoms. The van der Waals surface area contributed by atoms with Gasteiger partial charge in [-0.2, -0.15) is 10.2 Å². The van der Waals surface area contributed by atoms with Crippen LogP contribution in [0.2, 0.25) is 0 Å². The zero-order valence-electron chi connectivity index (χ0n) is 11.6. The first-order valence-electron chi connectivity index (χ1n) is 6.25. The smallest absolute Gasteiger partial charge is 0.175 e. The first kappa shape index (κ1) is 14.6. The topological polar surface area (TPSA) is 61.4 Å². The zero-order valence-corrected chi connectivity index (χ0v) is 14.1. The van der Waals surface area contributed by atoms with Crippen molar-refractivity contribution in [3.05, 3.63) is 35.9 Å². The average Bonchev–Trinajstić information content (AvgIpc) is 3.17. The fraction of sp³-hybridized carbons (Fsp3) is 0.333. The Hall–Kier alpha value is -1.32. The first-order chi connectivity index (χ1) is 10.2. The van der Waals surface area contributed by atoms with E-state index in [4.69, 9.17) is 0 Å². The SMILES string of the molecule is Cn1nccc1CSc1nnc(SCc2ccnn2C)s1. The second kappa shape index (κ2) is 6.63. The molecule has 0 aliphatic carbocycles. The highest BCUT2D eigenvalue weighted by molar-refractivity contribution is 8.02. The van der Waals surface area contributed by atoms with E-state index < -0.39 is 0 Å². The molecule has 3 aromatic rings. The van der Waals surface area contributed by atoms with E-state index >= 15 is 0 Å². The molecule has 3 heterocycles. The molecule has 0 saturated carbocycles. The summed E-state index contributed by atoms with van der Waals surface area (Å²) in [7, 11) is 3.90. The second-order valence-corrected chi connectivity index (χ2v) is 7.73. The summed E-state index contributed by atoms with van der Waals surface area (Å²) in [6.45, 7) is 0. The summed E-state index contributed by atoms with van der Waals surface area (Å²) in [5.74, 6) is 1.72. The number of hydrogen-bond acceptors (Lipinski definition) is 7. The van der Waals surface area contributed by atoms with Crippen LogP contribution >= 0.6 is 34.9 Å². The minimum atomic E-state index is 0.859. The van der Waals surface area contributed by atoms with Gasteiger partial charge in [0.15, 0.2) is 8.68 Å². The molecule has 9 heteroatoms. The third-order valence-electron chi connectivity index (χ3n) is 2.92. The van der Waals surface area contributed by atoms with Gasteiger partial charge in [-0.05, 0) is 12.1 Å². The molecule has 0 saturated heterocycles. The van der Waals surface area contributed by atoms with Gasteiger partial charge in [-0.1, -0.05) is 34.9 Å². The number of thioether (sulfide) groups is 2. The molecule has 0 bridgehead atoms. The maximum absolute atomic E-state index is 4.23. The quantitative estimate of drug-likeness (QED) is 0.644. The van der Waals surface area contributed by atoms with E-state index in [1.165, 1.54) is 11.4 Å². The van der Waals surface area contributed by atoms with Crippen LogP contribution in [0.1, 0.15) is 11.4 Å². The Bertz CT molecular complexity index is 657. The lowest BCUT2D eigenvalue weighted by Gasteiger charge is -1.99. The Labute approximate surface area is 135 Å². The first-order valence-corrected chi connectivity index (χ1v) is 9.04. The minimum Gasteiger partial charge on any atom is -0.272 e. The average molecular weight is 338 g/mol. The molecule has 0 spiro atoms. The largest absolute Gasteiger partial charge is 0.272 e.